The monoisotopic (exact) mass is 350 g/mol. The van der Waals surface area contributed by atoms with Crippen LogP contribution < -0.4 is 9.47 Å². The highest BCUT2D eigenvalue weighted by molar-refractivity contribution is 5.72. The minimum absolute atomic E-state index is 0.193. The third kappa shape index (κ3) is 5.34. The van der Waals surface area contributed by atoms with Gasteiger partial charge in [0.25, 0.3) is 0 Å². The van der Waals surface area contributed by atoms with Crippen molar-refractivity contribution in [2.75, 3.05) is 20.3 Å². The summed E-state index contributed by atoms with van der Waals surface area (Å²) in [6, 6.07) is 5.51. The molecule has 0 saturated carbocycles. The van der Waals surface area contributed by atoms with Crippen LogP contribution in [0.3, 0.4) is 0 Å². The van der Waals surface area contributed by atoms with Crippen molar-refractivity contribution in [2.24, 2.45) is 0 Å². The molecule has 1 aromatic carbocycles. The van der Waals surface area contributed by atoms with Gasteiger partial charge in [0, 0.05) is 12.8 Å². The van der Waals surface area contributed by atoms with Crippen molar-refractivity contribution in [3.05, 3.63) is 23.8 Å². The maximum Gasteiger partial charge on any atom is 0.309 e. The van der Waals surface area contributed by atoms with Crippen LogP contribution in [0.4, 0.5) is 0 Å². The van der Waals surface area contributed by atoms with E-state index in [1.54, 1.807) is 0 Å². The minimum Gasteiger partial charge on any atom is -0.469 e. The number of benzene rings is 1. The highest BCUT2D eigenvalue weighted by Crippen LogP contribution is 2.33. The highest BCUT2D eigenvalue weighted by atomic mass is 16.7. The Hall–Kier alpha value is -1.79. The number of carbonyl (C=O) groups excluding carboxylic acids is 1. The highest BCUT2D eigenvalue weighted by Gasteiger charge is 2.21. The molecule has 2 aliphatic rings. The molecule has 0 bridgehead atoms. The molecule has 138 valence electrons. The Balaban J connectivity index is 1.74. The van der Waals surface area contributed by atoms with E-state index in [9.17, 15) is 4.79 Å². The van der Waals surface area contributed by atoms with Crippen molar-refractivity contribution < 1.29 is 28.5 Å². The van der Waals surface area contributed by atoms with E-state index in [1.165, 1.54) is 7.11 Å². The van der Waals surface area contributed by atoms with E-state index in [2.05, 4.69) is 0 Å². The molecule has 2 fully saturated rings. The first-order valence-corrected chi connectivity index (χ1v) is 9.01. The predicted octanol–water partition coefficient (Wildman–Crippen LogP) is 3.21. The molecular formula is C19H26O6. The van der Waals surface area contributed by atoms with Crippen LogP contribution >= 0.6 is 0 Å². The number of ether oxygens (including phenoxy) is 5. The van der Waals surface area contributed by atoms with E-state index >= 15 is 0 Å². The largest absolute Gasteiger partial charge is 0.469 e. The molecule has 0 N–H and O–H groups in total. The Morgan fingerprint density at radius 1 is 1.00 bits per heavy atom. The van der Waals surface area contributed by atoms with Gasteiger partial charge in [0.05, 0.1) is 26.7 Å². The number of esters is 1. The quantitative estimate of drug-likeness (QED) is 0.734. The van der Waals surface area contributed by atoms with Crippen LogP contribution in [0.15, 0.2) is 18.2 Å². The first kappa shape index (κ1) is 18.0. The number of rotatable bonds is 6. The molecule has 1 aromatic rings. The Morgan fingerprint density at radius 3 is 2.20 bits per heavy atom. The van der Waals surface area contributed by atoms with E-state index in [-0.39, 0.29) is 25.0 Å². The molecule has 2 aliphatic heterocycles. The summed E-state index contributed by atoms with van der Waals surface area (Å²) in [5.74, 6) is 0.918. The van der Waals surface area contributed by atoms with Gasteiger partial charge in [0.15, 0.2) is 24.1 Å². The summed E-state index contributed by atoms with van der Waals surface area (Å²) >= 11 is 0. The minimum atomic E-state index is -0.288. The Labute approximate surface area is 148 Å². The molecule has 2 heterocycles. The molecule has 25 heavy (non-hydrogen) atoms. The van der Waals surface area contributed by atoms with Crippen molar-refractivity contribution in [2.45, 2.75) is 57.5 Å². The summed E-state index contributed by atoms with van der Waals surface area (Å²) in [5, 5.41) is 0. The summed E-state index contributed by atoms with van der Waals surface area (Å²) in [6.45, 7) is 1.42. The zero-order valence-electron chi connectivity index (χ0n) is 14.7. The summed E-state index contributed by atoms with van der Waals surface area (Å²) in [7, 11) is 1.38. The van der Waals surface area contributed by atoms with Gasteiger partial charge in [-0.2, -0.15) is 0 Å². The molecule has 2 atom stereocenters. The van der Waals surface area contributed by atoms with Gasteiger partial charge >= 0.3 is 5.97 Å². The van der Waals surface area contributed by atoms with Crippen LogP contribution in [0.2, 0.25) is 0 Å². The average molecular weight is 350 g/mol. The van der Waals surface area contributed by atoms with Gasteiger partial charge in [0.2, 0.25) is 0 Å². The van der Waals surface area contributed by atoms with Crippen LogP contribution in [0.1, 0.15) is 44.1 Å². The molecule has 0 spiro atoms. The number of carbonyl (C=O) groups is 1. The van der Waals surface area contributed by atoms with Gasteiger partial charge in [-0.1, -0.05) is 6.07 Å². The maximum absolute atomic E-state index is 11.5. The molecule has 0 amide bonds. The lowest BCUT2D eigenvalue weighted by molar-refractivity contribution is -0.139. The first-order chi connectivity index (χ1) is 12.2. The standard InChI is InChI=1S/C19H26O6/c1-21-17(20)13-14-8-9-15(24-18-6-2-4-10-22-18)16(12-14)25-19-7-3-5-11-23-19/h8-9,12,18-19H,2-7,10-11,13H2,1H3/t18-,19+/m1/s1. The first-order valence-electron chi connectivity index (χ1n) is 9.01. The summed E-state index contributed by atoms with van der Waals surface area (Å²) < 4.78 is 28.1. The van der Waals surface area contributed by atoms with Crippen molar-refractivity contribution >= 4 is 5.97 Å². The Bertz CT molecular complexity index is 561. The summed E-state index contributed by atoms with van der Waals surface area (Å²) in [5.41, 5.74) is 0.814. The predicted molar refractivity (Wildman–Crippen MR) is 90.6 cm³/mol. The second-order valence-electron chi connectivity index (χ2n) is 6.36. The van der Waals surface area contributed by atoms with Crippen LogP contribution in [0, 0.1) is 0 Å². The maximum atomic E-state index is 11.5. The number of hydrogen-bond donors (Lipinski definition) is 0. The average Bonchev–Trinajstić information content (AvgIpc) is 2.65. The molecular weight excluding hydrogens is 324 g/mol. The molecule has 3 rings (SSSR count). The Morgan fingerprint density at radius 2 is 1.64 bits per heavy atom. The second kappa shape index (κ2) is 9.06. The molecule has 0 unspecified atom stereocenters. The normalized spacial score (nSPS) is 23.7. The van der Waals surface area contributed by atoms with E-state index in [4.69, 9.17) is 23.7 Å². The number of hydrogen-bond acceptors (Lipinski definition) is 6. The van der Waals surface area contributed by atoms with E-state index < -0.39 is 0 Å². The van der Waals surface area contributed by atoms with Crippen LogP contribution in [0.5, 0.6) is 11.5 Å². The zero-order chi connectivity index (χ0) is 17.5. The van der Waals surface area contributed by atoms with E-state index in [0.29, 0.717) is 24.7 Å². The van der Waals surface area contributed by atoms with Gasteiger partial charge in [-0.05, 0) is 43.4 Å². The van der Waals surface area contributed by atoms with Gasteiger partial charge < -0.3 is 23.7 Å². The molecule has 0 aromatic heterocycles. The fraction of sp³-hybridized carbons (Fsp3) is 0.632. The number of methoxy groups -OCH3 is 1. The topological polar surface area (TPSA) is 63.2 Å². The molecule has 2 saturated heterocycles. The molecule has 0 aliphatic carbocycles. The fourth-order valence-corrected chi connectivity index (χ4v) is 2.98. The second-order valence-corrected chi connectivity index (χ2v) is 6.36. The lowest BCUT2D eigenvalue weighted by atomic mass is 10.1. The van der Waals surface area contributed by atoms with Crippen LogP contribution in [0.25, 0.3) is 0 Å². The van der Waals surface area contributed by atoms with Crippen LogP contribution in [-0.2, 0) is 25.4 Å². The Kier molecular flexibility index (Phi) is 6.53. The van der Waals surface area contributed by atoms with E-state index in [0.717, 1.165) is 44.1 Å². The van der Waals surface area contributed by atoms with Crippen LogP contribution in [-0.4, -0.2) is 38.9 Å². The van der Waals surface area contributed by atoms with Gasteiger partial charge in [0.1, 0.15) is 0 Å². The SMILES string of the molecule is COC(=O)Cc1ccc(O[C@@H]2CCCCO2)c(O[C@H]2CCCCO2)c1. The third-order valence-electron chi connectivity index (χ3n) is 4.38. The lowest BCUT2D eigenvalue weighted by Gasteiger charge is -2.27. The van der Waals surface area contributed by atoms with Gasteiger partial charge in [-0.15, -0.1) is 0 Å². The van der Waals surface area contributed by atoms with E-state index in [1.807, 2.05) is 18.2 Å². The molecule has 6 nitrogen and oxygen atoms in total. The van der Waals surface area contributed by atoms with Crippen molar-refractivity contribution in [3.63, 3.8) is 0 Å². The van der Waals surface area contributed by atoms with Gasteiger partial charge in [-0.3, -0.25) is 4.79 Å². The lowest BCUT2D eigenvalue weighted by Crippen LogP contribution is -2.27. The third-order valence-corrected chi connectivity index (χ3v) is 4.38. The van der Waals surface area contributed by atoms with Crippen molar-refractivity contribution in [3.8, 4) is 11.5 Å². The summed E-state index contributed by atoms with van der Waals surface area (Å²) in [4.78, 5) is 11.5. The fourth-order valence-electron chi connectivity index (χ4n) is 2.98. The summed E-state index contributed by atoms with van der Waals surface area (Å²) in [6.07, 6.45) is 5.66. The van der Waals surface area contributed by atoms with Crippen molar-refractivity contribution in [1.29, 1.82) is 0 Å². The van der Waals surface area contributed by atoms with Gasteiger partial charge in [-0.25, -0.2) is 0 Å². The molecule has 6 heteroatoms. The smallest absolute Gasteiger partial charge is 0.309 e. The van der Waals surface area contributed by atoms with Crippen molar-refractivity contribution in [1.82, 2.24) is 0 Å². The molecule has 0 radical (unpaired) electrons. The zero-order valence-corrected chi connectivity index (χ0v) is 14.7.